The van der Waals surface area contributed by atoms with Crippen LogP contribution in [0.4, 0.5) is 0 Å². The lowest BCUT2D eigenvalue weighted by atomic mass is 9.95. The number of allylic oxidation sites excluding steroid dienone is 1. The summed E-state index contributed by atoms with van der Waals surface area (Å²) in [6.07, 6.45) is 2.90. The third-order valence-corrected chi connectivity index (χ3v) is 19.5. The summed E-state index contributed by atoms with van der Waals surface area (Å²) in [6.45, 7) is 33.1. The van der Waals surface area contributed by atoms with Gasteiger partial charge in [0, 0.05) is 6.42 Å². The average molecular weight is 1570 g/mol. The molecular weight excluding hydrogens is 1430 g/mol. The highest BCUT2D eigenvalue weighted by molar-refractivity contribution is 6.02. The smallest absolute Gasteiger partial charge is 0.268 e. The fourth-order valence-corrected chi connectivity index (χ4v) is 11.9. The summed E-state index contributed by atoms with van der Waals surface area (Å²) in [5.74, 6) is -13.7. The van der Waals surface area contributed by atoms with Gasteiger partial charge in [0.25, 0.3) is 11.8 Å². The van der Waals surface area contributed by atoms with E-state index in [-0.39, 0.29) is 100 Å². The van der Waals surface area contributed by atoms with Crippen molar-refractivity contribution in [3.05, 3.63) is 41.6 Å². The Kier molecular flexibility index (Phi) is 47.2. The molecule has 15 atom stereocenters. The molecule has 1 aromatic rings. The quantitative estimate of drug-likeness (QED) is 0.0325. The van der Waals surface area contributed by atoms with Crippen molar-refractivity contribution in [2.75, 3.05) is 26.2 Å². The van der Waals surface area contributed by atoms with Crippen LogP contribution in [0, 0.1) is 53.3 Å². The lowest BCUT2D eigenvalue weighted by molar-refractivity contribution is -0.137. The Labute approximate surface area is 658 Å². The van der Waals surface area contributed by atoms with Gasteiger partial charge in [0.05, 0.1) is 12.6 Å². The van der Waals surface area contributed by atoms with Crippen LogP contribution in [0.15, 0.2) is 36.0 Å². The molecule has 0 aliphatic heterocycles. The molecule has 111 heavy (non-hydrogen) atoms. The van der Waals surface area contributed by atoms with Crippen molar-refractivity contribution in [1.82, 2.24) is 69.1 Å². The Bertz CT molecular complexity index is 3150. The Hall–Kier alpha value is -8.33. The van der Waals surface area contributed by atoms with Gasteiger partial charge < -0.3 is 102 Å². The molecule has 0 bridgehead atoms. The molecule has 0 heterocycles. The minimum atomic E-state index is -1.40. The van der Waals surface area contributed by atoms with Gasteiger partial charge in [-0.1, -0.05) is 156 Å². The molecule has 632 valence electrons. The molecule has 0 fully saturated rings. The number of aliphatic hydroxyl groups is 2. The number of hydrogen-bond donors (Lipinski definition) is 19. The largest absolute Gasteiger partial charge is 0.508 e. The van der Waals surface area contributed by atoms with Gasteiger partial charge in [-0.2, -0.15) is 0 Å². The number of amides is 13. The van der Waals surface area contributed by atoms with E-state index in [4.69, 9.17) is 17.2 Å². The van der Waals surface area contributed by atoms with Crippen LogP contribution in [0.1, 0.15) is 214 Å². The lowest BCUT2D eigenvalue weighted by Gasteiger charge is -2.32. The van der Waals surface area contributed by atoms with Crippen LogP contribution in [-0.2, 0) is 68.7 Å². The summed E-state index contributed by atoms with van der Waals surface area (Å²) in [4.78, 5) is 185. The zero-order valence-electron chi connectivity index (χ0n) is 69.5. The van der Waals surface area contributed by atoms with E-state index in [0.29, 0.717) is 44.1 Å². The second-order valence-electron chi connectivity index (χ2n) is 31.8. The number of aromatic hydroxyl groups is 1. The molecule has 0 unspecified atom stereocenters. The van der Waals surface area contributed by atoms with Gasteiger partial charge in [-0.05, 0) is 162 Å². The third kappa shape index (κ3) is 35.9. The maximum absolute atomic E-state index is 14.6. The second-order valence-corrected chi connectivity index (χ2v) is 31.8. The molecule has 0 radical (unpaired) electrons. The minimum Gasteiger partial charge on any atom is -0.508 e. The summed E-state index contributed by atoms with van der Waals surface area (Å²) < 4.78 is 0. The summed E-state index contributed by atoms with van der Waals surface area (Å²) >= 11 is 0. The normalized spacial score (nSPS) is 15.9. The van der Waals surface area contributed by atoms with E-state index >= 15 is 0 Å². The molecule has 0 aliphatic carbocycles. The van der Waals surface area contributed by atoms with Crippen LogP contribution in [0.5, 0.6) is 5.75 Å². The van der Waals surface area contributed by atoms with Crippen molar-refractivity contribution >= 4 is 76.8 Å². The van der Waals surface area contributed by atoms with Crippen molar-refractivity contribution in [1.29, 1.82) is 0 Å². The fraction of sp³-hybridized carbons (Fsp3) is 0.734. The Morgan fingerprint density at radius 1 is 0.378 bits per heavy atom. The van der Waals surface area contributed by atoms with Gasteiger partial charge in [0.2, 0.25) is 65.0 Å². The van der Waals surface area contributed by atoms with E-state index in [1.54, 1.807) is 95.2 Å². The first-order valence-corrected chi connectivity index (χ1v) is 39.9. The molecule has 0 saturated heterocycles. The molecule has 22 N–H and O–H groups in total. The van der Waals surface area contributed by atoms with Gasteiger partial charge in [-0.25, -0.2) is 0 Å². The second kappa shape index (κ2) is 52.1. The number of phenolic OH excluding ortho intramolecular Hbond substituents is 1. The first-order chi connectivity index (χ1) is 52.1. The highest BCUT2D eigenvalue weighted by Gasteiger charge is 2.40. The zero-order valence-corrected chi connectivity index (χ0v) is 69.5. The summed E-state index contributed by atoms with van der Waals surface area (Å²) in [7, 11) is 0. The molecule has 0 spiro atoms. The van der Waals surface area contributed by atoms with Crippen LogP contribution in [-0.4, -0.2) is 197 Å². The maximum atomic E-state index is 14.6. The summed E-state index contributed by atoms with van der Waals surface area (Å²) in [6, 6.07) is -8.69. The number of unbranched alkanes of at least 4 members (excludes halogenated alkanes) is 2. The molecule has 13 amide bonds. The van der Waals surface area contributed by atoms with Crippen molar-refractivity contribution in [3.63, 3.8) is 0 Å². The SMILES string of the molecule is C/C=C(/NC(=O)[C@H](O)[C@H](C)CC)C(=O)N[C@H](CC(C)C)C(=O)N[C@@H](CCCN)C(=O)N[C@H](C(=O)N[C@@H](C(=O)N[C@@H](C(=O)N[C@@H](CCCCN)C(=O)N[C@H](C(=O)N[C@@H](C(=O)N[C@H](CCCCN)C(=O)N[C@H](Cc1ccc(O)cc1)C(=O)N[C@@H](CC(C)C)C(=O)N[C@H](CO)C(C)C)C(C)C)C(C)C)C(C)C)C(C)C)[C@H](C)CC. The number of aliphatic hydroxyl groups excluding tert-OH is 2. The number of nitrogens with one attached hydrogen (secondary N) is 13. The zero-order chi connectivity index (χ0) is 84.7. The molecule has 0 aromatic heterocycles. The number of carbonyl (C=O) groups is 13. The van der Waals surface area contributed by atoms with E-state index in [2.05, 4.69) is 69.1 Å². The number of nitrogens with two attached hydrogens (primary N) is 3. The van der Waals surface area contributed by atoms with E-state index in [9.17, 15) is 77.6 Å². The number of benzene rings is 1. The highest BCUT2D eigenvalue weighted by Crippen LogP contribution is 2.19. The molecule has 1 rings (SSSR count). The van der Waals surface area contributed by atoms with Gasteiger partial charge >= 0.3 is 0 Å². The Morgan fingerprint density at radius 3 is 1.08 bits per heavy atom. The average Bonchev–Trinajstić information content (AvgIpc) is 0.845. The van der Waals surface area contributed by atoms with Crippen LogP contribution in [0.25, 0.3) is 0 Å². The highest BCUT2D eigenvalue weighted by atomic mass is 16.3. The fourth-order valence-electron chi connectivity index (χ4n) is 11.9. The third-order valence-electron chi connectivity index (χ3n) is 19.5. The van der Waals surface area contributed by atoms with E-state index in [1.165, 1.54) is 25.1 Å². The molecule has 0 aliphatic rings. The van der Waals surface area contributed by atoms with E-state index in [0.717, 1.165) is 0 Å². The van der Waals surface area contributed by atoms with E-state index < -0.39 is 191 Å². The molecule has 32 nitrogen and oxygen atoms in total. The Balaban J connectivity index is 3.61. The van der Waals surface area contributed by atoms with Crippen LogP contribution in [0.2, 0.25) is 0 Å². The van der Waals surface area contributed by atoms with Crippen LogP contribution < -0.4 is 86.3 Å². The molecule has 32 heteroatoms. The number of hydrogen-bond acceptors (Lipinski definition) is 19. The van der Waals surface area contributed by atoms with Gasteiger partial charge in [0.1, 0.15) is 84.0 Å². The van der Waals surface area contributed by atoms with Crippen molar-refractivity contribution in [2.45, 2.75) is 294 Å². The number of carbonyl (C=O) groups excluding carboxylic acids is 13. The maximum Gasteiger partial charge on any atom is 0.268 e. The first-order valence-electron chi connectivity index (χ1n) is 39.9. The molecule has 1 aromatic carbocycles. The van der Waals surface area contributed by atoms with Crippen molar-refractivity contribution in [2.24, 2.45) is 70.5 Å². The standard InChI is InChI=1S/C79H140N16O16/c1-20-49(18)65(95-70(102)56(30-27-37-82)84-71(103)57(38-42(4)5)87-67(99)53(22-3)83-79(111)66(98)50(19)21-2)78(110)94-64(48(16)17)77(109)93-62(46(12)13)75(107)86-55(29-24-26-36-81)69(101)91-63(47(14)15)76(108)92-61(45(10)11)74(106)85-54(28-23-25-35-80)68(100)89-59(40-51-31-33-52(97)34-32-51)73(105)88-58(39-43(6)7)72(104)90-60(41-96)44(8)9/h22,31-34,42-50,54-66,96-98H,20-21,23-30,35-41,80-82H2,1-19H3,(H,83,111)(H,84,103)(H,85,106)(H,86,107)(H,87,99)(H,88,105)(H,89,100)(H,90,104)(H,91,101)(H,92,108)(H,93,109)(H,94,110)(H,95,102)/b53-22+/t49-,50-,54-,55+,56+,57-,58+,59-,60-,61-,62-,63+,64-,65+,66-/m1/s1. The number of phenols is 1. The predicted octanol–water partition coefficient (Wildman–Crippen LogP) is 1.59. The number of rotatable bonds is 53. The predicted molar refractivity (Wildman–Crippen MR) is 426 cm³/mol. The lowest BCUT2D eigenvalue weighted by Crippen LogP contribution is -2.63. The van der Waals surface area contributed by atoms with Gasteiger partial charge in [0.15, 0.2) is 0 Å². The molecular formula is C79H140N16O16. The first kappa shape index (κ1) is 101. The topological polar surface area (TPSA) is 517 Å². The van der Waals surface area contributed by atoms with Crippen molar-refractivity contribution < 1.29 is 77.6 Å². The van der Waals surface area contributed by atoms with Gasteiger partial charge in [-0.3, -0.25) is 62.3 Å². The monoisotopic (exact) mass is 1570 g/mol. The minimum absolute atomic E-state index is 0.0212. The van der Waals surface area contributed by atoms with Gasteiger partial charge in [-0.15, -0.1) is 0 Å². The van der Waals surface area contributed by atoms with Crippen LogP contribution in [0.3, 0.4) is 0 Å². The van der Waals surface area contributed by atoms with Crippen molar-refractivity contribution in [3.8, 4) is 5.75 Å². The molecule has 0 saturated carbocycles. The Morgan fingerprint density at radius 2 is 0.703 bits per heavy atom. The van der Waals surface area contributed by atoms with Crippen LogP contribution >= 0.6 is 0 Å². The summed E-state index contributed by atoms with van der Waals surface area (Å²) in [5.41, 5.74) is 18.0. The summed E-state index contributed by atoms with van der Waals surface area (Å²) in [5, 5.41) is 66.2. The van der Waals surface area contributed by atoms with E-state index in [1.807, 2.05) is 41.5 Å².